The Kier molecular flexibility index (Phi) is 5.34. The lowest BCUT2D eigenvalue weighted by Crippen LogP contribution is -2.39. The minimum absolute atomic E-state index is 0.106. The lowest BCUT2D eigenvalue weighted by atomic mass is 9.85. The number of amides is 2. The van der Waals surface area contributed by atoms with Crippen LogP contribution in [0.5, 0.6) is 5.75 Å². The number of carbonyl (C=O) groups is 3. The van der Waals surface area contributed by atoms with Crippen molar-refractivity contribution in [3.05, 3.63) is 65.7 Å². The first-order chi connectivity index (χ1) is 14.1. The average Bonchev–Trinajstić information content (AvgIpc) is 3.51. The molecule has 2 amide bonds. The van der Waals surface area contributed by atoms with Crippen molar-refractivity contribution in [1.29, 1.82) is 0 Å². The summed E-state index contributed by atoms with van der Waals surface area (Å²) in [6, 6.07) is 16.9. The van der Waals surface area contributed by atoms with Crippen molar-refractivity contribution in [2.45, 2.75) is 31.3 Å². The van der Waals surface area contributed by atoms with Crippen LogP contribution in [0.2, 0.25) is 0 Å². The van der Waals surface area contributed by atoms with E-state index in [2.05, 4.69) is 5.32 Å². The Morgan fingerprint density at radius 2 is 1.76 bits per heavy atom. The standard InChI is InChI=1S/C23H24N2O4/c1-29-18-11-7-15(8-12-18)13-25-14-19(21(26)22(27)24-17-9-10-17)20(23(25)28)16-5-3-2-4-6-16/h2-8,11-12,17,19-20H,9-10,13-14H2,1H3,(H,24,27)/t19-,20+/m0/s1. The molecule has 0 radical (unpaired) electrons. The molecule has 2 fully saturated rings. The molecule has 1 heterocycles. The molecule has 1 saturated heterocycles. The van der Waals surface area contributed by atoms with Crippen LogP contribution in [-0.4, -0.2) is 42.2 Å². The first-order valence-corrected chi connectivity index (χ1v) is 9.88. The number of Topliss-reactive ketones (excluding diaryl/α,β-unsaturated/α-hetero) is 1. The SMILES string of the molecule is COc1ccc(CN2C[C@H](C(=O)C(=O)NC3CC3)[C@@H](c3ccccc3)C2=O)cc1. The Bertz CT molecular complexity index is 906. The second-order valence-electron chi connectivity index (χ2n) is 7.67. The van der Waals surface area contributed by atoms with Gasteiger partial charge in [-0.15, -0.1) is 0 Å². The number of likely N-dealkylation sites (tertiary alicyclic amines) is 1. The van der Waals surface area contributed by atoms with Crippen molar-refractivity contribution in [3.63, 3.8) is 0 Å². The van der Waals surface area contributed by atoms with Gasteiger partial charge in [-0.3, -0.25) is 14.4 Å². The number of benzene rings is 2. The molecule has 0 spiro atoms. The van der Waals surface area contributed by atoms with Gasteiger partial charge in [0.05, 0.1) is 18.9 Å². The van der Waals surface area contributed by atoms with Crippen LogP contribution in [-0.2, 0) is 20.9 Å². The third kappa shape index (κ3) is 4.16. The predicted molar refractivity (Wildman–Crippen MR) is 107 cm³/mol. The maximum Gasteiger partial charge on any atom is 0.287 e. The minimum Gasteiger partial charge on any atom is -0.497 e. The van der Waals surface area contributed by atoms with E-state index in [9.17, 15) is 14.4 Å². The highest BCUT2D eigenvalue weighted by molar-refractivity contribution is 6.38. The number of ether oxygens (including phenoxy) is 1. The smallest absolute Gasteiger partial charge is 0.287 e. The lowest BCUT2D eigenvalue weighted by molar-refractivity contribution is -0.140. The van der Waals surface area contributed by atoms with Crippen molar-refractivity contribution in [1.82, 2.24) is 10.2 Å². The number of nitrogens with one attached hydrogen (secondary N) is 1. The van der Waals surface area contributed by atoms with Crippen molar-refractivity contribution < 1.29 is 19.1 Å². The van der Waals surface area contributed by atoms with E-state index in [1.807, 2.05) is 54.6 Å². The highest BCUT2D eigenvalue weighted by atomic mass is 16.5. The fourth-order valence-corrected chi connectivity index (χ4v) is 3.82. The molecule has 0 aromatic heterocycles. The second-order valence-corrected chi connectivity index (χ2v) is 7.67. The molecule has 6 nitrogen and oxygen atoms in total. The number of ketones is 1. The molecule has 0 unspecified atom stereocenters. The summed E-state index contributed by atoms with van der Waals surface area (Å²) >= 11 is 0. The average molecular weight is 392 g/mol. The quantitative estimate of drug-likeness (QED) is 0.734. The van der Waals surface area contributed by atoms with Gasteiger partial charge in [-0.1, -0.05) is 42.5 Å². The largest absolute Gasteiger partial charge is 0.497 e. The molecule has 2 atom stereocenters. The molecule has 2 aromatic rings. The number of nitrogens with zero attached hydrogens (tertiary/aromatic N) is 1. The molecule has 29 heavy (non-hydrogen) atoms. The number of hydrogen-bond donors (Lipinski definition) is 1. The van der Waals surface area contributed by atoms with Crippen LogP contribution in [0, 0.1) is 5.92 Å². The van der Waals surface area contributed by atoms with Gasteiger partial charge in [0.2, 0.25) is 11.7 Å². The van der Waals surface area contributed by atoms with Crippen LogP contribution >= 0.6 is 0 Å². The molecular formula is C23H24N2O4. The van der Waals surface area contributed by atoms with Crippen LogP contribution < -0.4 is 10.1 Å². The summed E-state index contributed by atoms with van der Waals surface area (Å²) in [5, 5.41) is 2.76. The van der Waals surface area contributed by atoms with Crippen molar-refractivity contribution in [2.75, 3.05) is 13.7 Å². The Morgan fingerprint density at radius 1 is 1.07 bits per heavy atom. The van der Waals surface area contributed by atoms with E-state index in [0.29, 0.717) is 6.54 Å². The first-order valence-electron chi connectivity index (χ1n) is 9.88. The van der Waals surface area contributed by atoms with Crippen LogP contribution in [0.3, 0.4) is 0 Å². The zero-order valence-electron chi connectivity index (χ0n) is 16.3. The summed E-state index contributed by atoms with van der Waals surface area (Å²) in [4.78, 5) is 40.2. The summed E-state index contributed by atoms with van der Waals surface area (Å²) in [5.74, 6) is -1.76. The van der Waals surface area contributed by atoms with Gasteiger partial charge >= 0.3 is 0 Å². The Balaban J connectivity index is 1.56. The minimum atomic E-state index is -0.679. The Labute approximate surface area is 169 Å². The molecule has 150 valence electrons. The van der Waals surface area contributed by atoms with Crippen molar-refractivity contribution in [3.8, 4) is 5.75 Å². The van der Waals surface area contributed by atoms with Crippen LogP contribution in [0.25, 0.3) is 0 Å². The molecule has 0 bridgehead atoms. The number of hydrogen-bond acceptors (Lipinski definition) is 4. The maximum absolute atomic E-state index is 13.2. The van der Waals surface area contributed by atoms with E-state index in [0.717, 1.165) is 29.7 Å². The lowest BCUT2D eigenvalue weighted by Gasteiger charge is -2.17. The van der Waals surface area contributed by atoms with Gasteiger partial charge in [-0.25, -0.2) is 0 Å². The summed E-state index contributed by atoms with van der Waals surface area (Å²) in [6.07, 6.45) is 1.82. The zero-order valence-corrected chi connectivity index (χ0v) is 16.3. The highest BCUT2D eigenvalue weighted by Gasteiger charge is 2.47. The summed E-state index contributed by atoms with van der Waals surface area (Å²) < 4.78 is 5.18. The Hall–Kier alpha value is -3.15. The molecule has 1 aliphatic carbocycles. The van der Waals surface area contributed by atoms with E-state index in [1.54, 1.807) is 12.0 Å². The number of rotatable bonds is 7. The van der Waals surface area contributed by atoms with Gasteiger partial charge in [0, 0.05) is 19.1 Å². The fraction of sp³-hybridized carbons (Fsp3) is 0.348. The summed E-state index contributed by atoms with van der Waals surface area (Å²) in [5.41, 5.74) is 1.72. The number of carbonyl (C=O) groups excluding carboxylic acids is 3. The normalized spacial score (nSPS) is 21.1. The van der Waals surface area contributed by atoms with Gasteiger partial charge in [-0.2, -0.15) is 0 Å². The predicted octanol–water partition coefficient (Wildman–Crippen LogP) is 2.29. The van der Waals surface area contributed by atoms with Crippen LogP contribution in [0.15, 0.2) is 54.6 Å². The zero-order chi connectivity index (χ0) is 20.4. The Morgan fingerprint density at radius 3 is 2.38 bits per heavy atom. The van der Waals surface area contributed by atoms with Gasteiger partial charge < -0.3 is 15.0 Å². The van der Waals surface area contributed by atoms with Crippen LogP contribution in [0.4, 0.5) is 0 Å². The van der Waals surface area contributed by atoms with Gasteiger partial charge in [0.15, 0.2) is 0 Å². The molecule has 2 aromatic carbocycles. The molecule has 1 N–H and O–H groups in total. The maximum atomic E-state index is 13.2. The van der Waals surface area contributed by atoms with Crippen LogP contribution in [0.1, 0.15) is 29.9 Å². The fourth-order valence-electron chi connectivity index (χ4n) is 3.82. The third-order valence-electron chi connectivity index (χ3n) is 5.56. The van der Waals surface area contributed by atoms with E-state index in [1.165, 1.54) is 0 Å². The monoisotopic (exact) mass is 392 g/mol. The summed E-state index contributed by atoms with van der Waals surface area (Å²) in [6.45, 7) is 0.627. The van der Waals surface area contributed by atoms with Gasteiger partial charge in [0.25, 0.3) is 5.91 Å². The molecular weight excluding hydrogens is 368 g/mol. The second kappa shape index (κ2) is 8.07. The van der Waals surface area contributed by atoms with Crippen molar-refractivity contribution >= 4 is 17.6 Å². The molecule has 6 heteroatoms. The number of methoxy groups -OCH3 is 1. The van der Waals surface area contributed by atoms with Gasteiger partial charge in [0.1, 0.15) is 5.75 Å². The molecule has 1 aliphatic heterocycles. The van der Waals surface area contributed by atoms with E-state index in [4.69, 9.17) is 4.74 Å². The third-order valence-corrected chi connectivity index (χ3v) is 5.56. The van der Waals surface area contributed by atoms with Gasteiger partial charge in [-0.05, 0) is 36.1 Å². The van der Waals surface area contributed by atoms with Crippen molar-refractivity contribution in [2.24, 2.45) is 5.92 Å². The first kappa shape index (κ1) is 19.2. The molecule has 1 saturated carbocycles. The van der Waals surface area contributed by atoms with E-state index in [-0.39, 0.29) is 18.5 Å². The highest BCUT2D eigenvalue weighted by Crippen LogP contribution is 2.35. The van der Waals surface area contributed by atoms with E-state index < -0.39 is 23.5 Å². The summed E-state index contributed by atoms with van der Waals surface area (Å²) in [7, 11) is 1.60. The molecule has 2 aliphatic rings. The topological polar surface area (TPSA) is 75.7 Å². The van der Waals surface area contributed by atoms with E-state index >= 15 is 0 Å². The molecule has 4 rings (SSSR count).